The van der Waals surface area contributed by atoms with Crippen molar-refractivity contribution in [2.75, 3.05) is 6.54 Å². The highest BCUT2D eigenvalue weighted by Crippen LogP contribution is 2.24. The highest BCUT2D eigenvalue weighted by molar-refractivity contribution is 5.67. The molecule has 1 aromatic carbocycles. The lowest BCUT2D eigenvalue weighted by Gasteiger charge is -2.14. The predicted molar refractivity (Wildman–Crippen MR) is 68.0 cm³/mol. The molecule has 1 aliphatic rings. The zero-order valence-electron chi connectivity index (χ0n) is 10.3. The number of carbonyl (C=O) groups is 1. The number of aliphatic hydroxyl groups excluding tert-OH is 1. The lowest BCUT2D eigenvalue weighted by Crippen LogP contribution is -2.32. The molecule has 1 aliphatic carbocycles. The molecule has 1 aromatic rings. The first-order valence-electron chi connectivity index (χ1n) is 6.38. The molecule has 1 fully saturated rings. The van der Waals surface area contributed by atoms with Crippen molar-refractivity contribution < 1.29 is 14.6 Å². The molecule has 0 aromatic heterocycles. The molecule has 4 heteroatoms. The van der Waals surface area contributed by atoms with Crippen LogP contribution in [0, 0.1) is 5.92 Å². The lowest BCUT2D eigenvalue weighted by atomic mass is 10.1. The fourth-order valence-electron chi connectivity index (χ4n) is 2.24. The van der Waals surface area contributed by atoms with Crippen molar-refractivity contribution >= 4 is 6.09 Å². The van der Waals surface area contributed by atoms with Gasteiger partial charge in [-0.2, -0.15) is 0 Å². The standard InChI is InChI=1S/C14H19NO3/c16-13-8-4-7-12(13)9-15-14(17)18-10-11-5-2-1-3-6-11/h1-3,5-6,12-13,16H,4,7-10H2,(H,15,17)/t12-,13+/m1/s1. The fourth-order valence-corrected chi connectivity index (χ4v) is 2.24. The summed E-state index contributed by atoms with van der Waals surface area (Å²) in [5, 5.41) is 12.3. The van der Waals surface area contributed by atoms with E-state index in [2.05, 4.69) is 5.32 Å². The van der Waals surface area contributed by atoms with Crippen LogP contribution in [-0.4, -0.2) is 23.8 Å². The Labute approximate surface area is 107 Å². The molecular formula is C14H19NO3. The van der Waals surface area contributed by atoms with Crippen LogP contribution in [0.15, 0.2) is 30.3 Å². The second kappa shape index (κ2) is 6.40. The van der Waals surface area contributed by atoms with E-state index in [-0.39, 0.29) is 18.6 Å². The van der Waals surface area contributed by atoms with Crippen LogP contribution >= 0.6 is 0 Å². The van der Waals surface area contributed by atoms with Gasteiger partial charge >= 0.3 is 6.09 Å². The van der Waals surface area contributed by atoms with Gasteiger partial charge in [0, 0.05) is 12.5 Å². The highest BCUT2D eigenvalue weighted by atomic mass is 16.5. The van der Waals surface area contributed by atoms with Crippen molar-refractivity contribution in [3.63, 3.8) is 0 Å². The summed E-state index contributed by atoms with van der Waals surface area (Å²) in [6.45, 7) is 0.773. The van der Waals surface area contributed by atoms with Gasteiger partial charge < -0.3 is 15.2 Å². The molecule has 18 heavy (non-hydrogen) atoms. The second-order valence-electron chi connectivity index (χ2n) is 4.70. The van der Waals surface area contributed by atoms with Gasteiger partial charge in [-0.1, -0.05) is 36.8 Å². The van der Waals surface area contributed by atoms with E-state index in [0.29, 0.717) is 6.54 Å². The number of amides is 1. The molecule has 98 valence electrons. The van der Waals surface area contributed by atoms with Crippen molar-refractivity contribution in [2.24, 2.45) is 5.92 Å². The largest absolute Gasteiger partial charge is 0.445 e. The van der Waals surface area contributed by atoms with E-state index < -0.39 is 6.09 Å². The summed E-state index contributed by atoms with van der Waals surface area (Å²) in [4.78, 5) is 11.5. The topological polar surface area (TPSA) is 58.6 Å². The maximum atomic E-state index is 11.5. The maximum Gasteiger partial charge on any atom is 0.407 e. The van der Waals surface area contributed by atoms with Crippen molar-refractivity contribution in [3.05, 3.63) is 35.9 Å². The average molecular weight is 249 g/mol. The van der Waals surface area contributed by atoms with Gasteiger partial charge in [0.25, 0.3) is 0 Å². The minimum atomic E-state index is -0.419. The molecule has 0 saturated heterocycles. The minimum absolute atomic E-state index is 0.175. The van der Waals surface area contributed by atoms with Crippen LogP contribution < -0.4 is 5.32 Å². The van der Waals surface area contributed by atoms with Crippen LogP contribution in [0.2, 0.25) is 0 Å². The number of alkyl carbamates (subject to hydrolysis) is 1. The van der Waals surface area contributed by atoms with Crippen molar-refractivity contribution in [1.82, 2.24) is 5.32 Å². The Hall–Kier alpha value is -1.55. The van der Waals surface area contributed by atoms with Crippen LogP contribution in [0.5, 0.6) is 0 Å². The molecule has 2 N–H and O–H groups in total. The second-order valence-corrected chi connectivity index (χ2v) is 4.70. The smallest absolute Gasteiger partial charge is 0.407 e. The van der Waals surface area contributed by atoms with E-state index in [4.69, 9.17) is 4.74 Å². The Morgan fingerprint density at radius 2 is 2.11 bits per heavy atom. The molecule has 0 aliphatic heterocycles. The van der Waals surface area contributed by atoms with Gasteiger partial charge in [0.1, 0.15) is 6.61 Å². The zero-order valence-corrected chi connectivity index (χ0v) is 10.3. The number of hydrogen-bond acceptors (Lipinski definition) is 3. The number of carbonyl (C=O) groups excluding carboxylic acids is 1. The van der Waals surface area contributed by atoms with E-state index in [1.54, 1.807) is 0 Å². The molecule has 4 nitrogen and oxygen atoms in total. The number of hydrogen-bond donors (Lipinski definition) is 2. The fraction of sp³-hybridized carbons (Fsp3) is 0.500. The normalized spacial score (nSPS) is 22.7. The quantitative estimate of drug-likeness (QED) is 0.859. The Morgan fingerprint density at radius 3 is 2.78 bits per heavy atom. The van der Waals surface area contributed by atoms with Gasteiger partial charge in [-0.25, -0.2) is 4.79 Å². The molecule has 2 atom stereocenters. The molecule has 1 saturated carbocycles. The summed E-state index contributed by atoms with van der Waals surface area (Å²) in [5.74, 6) is 0.175. The molecule has 2 rings (SSSR count). The van der Waals surface area contributed by atoms with Crippen LogP contribution in [-0.2, 0) is 11.3 Å². The highest BCUT2D eigenvalue weighted by Gasteiger charge is 2.25. The molecule has 0 unspecified atom stereocenters. The lowest BCUT2D eigenvalue weighted by molar-refractivity contribution is 0.118. The third-order valence-electron chi connectivity index (χ3n) is 3.34. The van der Waals surface area contributed by atoms with Crippen LogP contribution in [0.25, 0.3) is 0 Å². The molecule has 1 amide bonds. The Balaban J connectivity index is 1.66. The number of ether oxygens (including phenoxy) is 1. The summed E-state index contributed by atoms with van der Waals surface area (Å²) in [7, 11) is 0. The minimum Gasteiger partial charge on any atom is -0.445 e. The summed E-state index contributed by atoms with van der Waals surface area (Å²) in [6, 6.07) is 9.56. The van der Waals surface area contributed by atoms with Gasteiger partial charge in [-0.15, -0.1) is 0 Å². The van der Waals surface area contributed by atoms with E-state index in [0.717, 1.165) is 24.8 Å². The van der Waals surface area contributed by atoms with Gasteiger partial charge in [-0.05, 0) is 18.4 Å². The van der Waals surface area contributed by atoms with Crippen molar-refractivity contribution in [2.45, 2.75) is 32.0 Å². The molecule has 0 bridgehead atoms. The summed E-state index contributed by atoms with van der Waals surface area (Å²) >= 11 is 0. The Kier molecular flexibility index (Phi) is 4.59. The van der Waals surface area contributed by atoms with Gasteiger partial charge in [0.2, 0.25) is 0 Å². The number of rotatable bonds is 4. The Bertz CT molecular complexity index is 380. The van der Waals surface area contributed by atoms with Crippen LogP contribution in [0.1, 0.15) is 24.8 Å². The number of benzene rings is 1. The predicted octanol–water partition coefficient (Wildman–Crippen LogP) is 2.07. The monoisotopic (exact) mass is 249 g/mol. The van der Waals surface area contributed by atoms with Crippen LogP contribution in [0.4, 0.5) is 4.79 Å². The third kappa shape index (κ3) is 3.74. The third-order valence-corrected chi connectivity index (χ3v) is 3.34. The summed E-state index contributed by atoms with van der Waals surface area (Å²) in [5.41, 5.74) is 0.966. The van der Waals surface area contributed by atoms with Gasteiger partial charge in [0.15, 0.2) is 0 Å². The first-order valence-corrected chi connectivity index (χ1v) is 6.38. The first-order chi connectivity index (χ1) is 8.75. The Morgan fingerprint density at radius 1 is 1.33 bits per heavy atom. The van der Waals surface area contributed by atoms with E-state index >= 15 is 0 Å². The molecule has 0 spiro atoms. The van der Waals surface area contributed by atoms with Crippen molar-refractivity contribution in [3.8, 4) is 0 Å². The molecule has 0 heterocycles. The van der Waals surface area contributed by atoms with E-state index in [1.165, 1.54) is 0 Å². The number of nitrogens with one attached hydrogen (secondary N) is 1. The SMILES string of the molecule is O=C(NC[C@H]1CCC[C@@H]1O)OCc1ccccc1. The van der Waals surface area contributed by atoms with E-state index in [1.807, 2.05) is 30.3 Å². The van der Waals surface area contributed by atoms with E-state index in [9.17, 15) is 9.90 Å². The number of aliphatic hydroxyl groups is 1. The zero-order chi connectivity index (χ0) is 12.8. The average Bonchev–Trinajstić information content (AvgIpc) is 2.81. The van der Waals surface area contributed by atoms with Gasteiger partial charge in [0.05, 0.1) is 6.10 Å². The van der Waals surface area contributed by atoms with Crippen molar-refractivity contribution in [1.29, 1.82) is 0 Å². The summed E-state index contributed by atoms with van der Waals surface area (Å²) < 4.78 is 5.09. The van der Waals surface area contributed by atoms with Crippen LogP contribution in [0.3, 0.4) is 0 Å². The first kappa shape index (κ1) is 12.9. The molecular weight excluding hydrogens is 230 g/mol. The maximum absolute atomic E-state index is 11.5. The van der Waals surface area contributed by atoms with Gasteiger partial charge in [-0.3, -0.25) is 0 Å². The molecule has 0 radical (unpaired) electrons. The summed E-state index contributed by atoms with van der Waals surface area (Å²) in [6.07, 6.45) is 2.15.